The molecule has 1 aromatic rings. The van der Waals surface area contributed by atoms with Crippen LogP contribution in [0.4, 0.5) is 0 Å². The highest BCUT2D eigenvalue weighted by molar-refractivity contribution is 6.05. The van der Waals surface area contributed by atoms with Crippen LogP contribution in [0, 0.1) is 0 Å². The van der Waals surface area contributed by atoms with Crippen LogP contribution >= 0.6 is 0 Å². The highest BCUT2D eigenvalue weighted by Crippen LogP contribution is 2.37. The minimum absolute atomic E-state index is 0.277. The Morgan fingerprint density at radius 2 is 1.74 bits per heavy atom. The van der Waals surface area contributed by atoms with Crippen LogP contribution in [0.2, 0.25) is 0 Å². The van der Waals surface area contributed by atoms with E-state index < -0.39 is 58.7 Å². The topological polar surface area (TPSA) is 158 Å². The van der Waals surface area contributed by atoms with Crippen LogP contribution < -0.4 is 16.2 Å². The summed E-state index contributed by atoms with van der Waals surface area (Å²) in [6.45, 7) is 1.44. The molecule has 27 heavy (non-hydrogen) atoms. The molecule has 2 rings (SSSR count). The van der Waals surface area contributed by atoms with Gasteiger partial charge in [0, 0.05) is 12.6 Å². The molecule has 0 unspecified atom stereocenters. The van der Waals surface area contributed by atoms with Crippen LogP contribution in [-0.2, 0) is 4.79 Å². The molecule has 10 heteroatoms. The monoisotopic (exact) mass is 381 g/mol. The van der Waals surface area contributed by atoms with Crippen molar-refractivity contribution in [2.75, 3.05) is 13.1 Å². The van der Waals surface area contributed by atoms with E-state index in [4.69, 9.17) is 5.11 Å². The van der Waals surface area contributed by atoms with Crippen LogP contribution in [0.1, 0.15) is 65.8 Å². The van der Waals surface area contributed by atoms with E-state index in [1.165, 1.54) is 0 Å². The number of hydrogen-bond donors (Lipinski definition) is 5. The largest absolute Gasteiger partial charge is 0.506 e. The fourth-order valence-corrected chi connectivity index (χ4v) is 2.78. The molecule has 1 saturated carbocycles. The zero-order valence-corrected chi connectivity index (χ0v) is 14.9. The van der Waals surface area contributed by atoms with E-state index in [1.54, 1.807) is 0 Å². The third-order valence-electron chi connectivity index (χ3n) is 4.47. The van der Waals surface area contributed by atoms with Crippen LogP contribution in [-0.4, -0.2) is 50.8 Å². The quantitative estimate of drug-likeness (QED) is 0.406. The van der Waals surface area contributed by atoms with Crippen molar-refractivity contribution < 1.29 is 29.7 Å². The van der Waals surface area contributed by atoms with Gasteiger partial charge in [0.25, 0.3) is 17.4 Å². The summed E-state index contributed by atoms with van der Waals surface area (Å²) in [5, 5.41) is 34.0. The molecular formula is C17H23N3O7. The van der Waals surface area contributed by atoms with Gasteiger partial charge in [-0.25, -0.2) is 0 Å². The number of pyridine rings is 1. The first-order valence-corrected chi connectivity index (χ1v) is 8.78. The average molecular weight is 381 g/mol. The third kappa shape index (κ3) is 4.21. The minimum Gasteiger partial charge on any atom is -0.506 e. The SMILES string of the molecule is CCCCNC(=O)c1c(O)c(C(=O)NCC(=O)O)c(O)n(C2CCC2)c1=O. The van der Waals surface area contributed by atoms with Crippen molar-refractivity contribution in [1.29, 1.82) is 0 Å². The number of carbonyl (C=O) groups excluding carboxylic acids is 2. The summed E-state index contributed by atoms with van der Waals surface area (Å²) in [6.07, 6.45) is 3.43. The molecule has 0 radical (unpaired) electrons. The lowest BCUT2D eigenvalue weighted by Gasteiger charge is -2.29. The summed E-state index contributed by atoms with van der Waals surface area (Å²) < 4.78 is 0.924. The number of carboxylic acids is 1. The molecule has 0 aliphatic heterocycles. The highest BCUT2D eigenvalue weighted by atomic mass is 16.4. The average Bonchev–Trinajstić information content (AvgIpc) is 2.55. The predicted octanol–water partition coefficient (Wildman–Crippen LogP) is 0.329. The molecule has 148 valence electrons. The van der Waals surface area contributed by atoms with Gasteiger partial charge in [0.2, 0.25) is 5.88 Å². The Hall–Kier alpha value is -3.04. The number of carbonyl (C=O) groups is 3. The molecule has 1 aromatic heterocycles. The van der Waals surface area contributed by atoms with Gasteiger partial charge in [0.05, 0.1) is 0 Å². The standard InChI is InChI=1S/C17H23N3O7/c1-2-3-7-18-14(24)11-13(23)12(15(25)19-8-10(21)22)17(27)20(16(11)26)9-5-4-6-9/h9,23,27H,2-8H2,1H3,(H,18,24)(H,19,25)(H,21,22). The van der Waals surface area contributed by atoms with Crippen molar-refractivity contribution in [3.63, 3.8) is 0 Å². The molecule has 0 atom stereocenters. The van der Waals surface area contributed by atoms with Gasteiger partial charge in [0.1, 0.15) is 17.7 Å². The van der Waals surface area contributed by atoms with Crippen LogP contribution in [0.3, 0.4) is 0 Å². The number of aromatic nitrogens is 1. The lowest BCUT2D eigenvalue weighted by molar-refractivity contribution is -0.135. The number of carboxylic acid groups (broad SMARTS) is 1. The lowest BCUT2D eigenvalue weighted by atomic mass is 9.92. The van der Waals surface area contributed by atoms with Gasteiger partial charge in [-0.15, -0.1) is 0 Å². The maximum Gasteiger partial charge on any atom is 0.322 e. The molecular weight excluding hydrogens is 358 g/mol. The molecule has 10 nitrogen and oxygen atoms in total. The summed E-state index contributed by atoms with van der Waals surface area (Å²) in [6, 6.07) is -0.397. The van der Waals surface area contributed by atoms with E-state index in [0.29, 0.717) is 19.3 Å². The number of nitrogens with zero attached hydrogens (tertiary/aromatic N) is 1. The van der Waals surface area contributed by atoms with Gasteiger partial charge in [-0.3, -0.25) is 23.7 Å². The maximum absolute atomic E-state index is 12.7. The zero-order chi connectivity index (χ0) is 20.1. The third-order valence-corrected chi connectivity index (χ3v) is 4.47. The van der Waals surface area contributed by atoms with E-state index in [1.807, 2.05) is 12.2 Å². The number of amides is 2. The van der Waals surface area contributed by atoms with Crippen molar-refractivity contribution in [2.45, 2.75) is 45.1 Å². The molecule has 0 spiro atoms. The summed E-state index contributed by atoms with van der Waals surface area (Å²) in [5.74, 6) is -5.03. The smallest absolute Gasteiger partial charge is 0.322 e. The molecule has 0 bridgehead atoms. The van der Waals surface area contributed by atoms with Gasteiger partial charge in [-0.05, 0) is 25.7 Å². The molecule has 0 saturated heterocycles. The Labute approximate surface area is 154 Å². The maximum atomic E-state index is 12.7. The van der Waals surface area contributed by atoms with Crippen molar-refractivity contribution >= 4 is 17.8 Å². The van der Waals surface area contributed by atoms with Gasteiger partial charge in [-0.2, -0.15) is 0 Å². The van der Waals surface area contributed by atoms with Crippen molar-refractivity contribution in [1.82, 2.24) is 15.2 Å². The second kappa shape index (κ2) is 8.56. The summed E-state index contributed by atoms with van der Waals surface area (Å²) >= 11 is 0. The minimum atomic E-state index is -1.33. The zero-order valence-electron chi connectivity index (χ0n) is 14.9. The van der Waals surface area contributed by atoms with Crippen molar-refractivity contribution in [3.05, 3.63) is 21.5 Å². The van der Waals surface area contributed by atoms with Gasteiger partial charge in [0.15, 0.2) is 5.75 Å². The first kappa shape index (κ1) is 20.3. The van der Waals surface area contributed by atoms with Gasteiger partial charge >= 0.3 is 5.97 Å². The highest BCUT2D eigenvalue weighted by Gasteiger charge is 2.33. The lowest BCUT2D eigenvalue weighted by Crippen LogP contribution is -2.39. The van der Waals surface area contributed by atoms with Crippen LogP contribution in [0.5, 0.6) is 11.6 Å². The molecule has 2 amide bonds. The predicted molar refractivity (Wildman–Crippen MR) is 94.1 cm³/mol. The fraction of sp³-hybridized carbons (Fsp3) is 0.529. The Morgan fingerprint density at radius 1 is 1.11 bits per heavy atom. The first-order chi connectivity index (χ1) is 12.8. The van der Waals surface area contributed by atoms with Crippen LogP contribution in [0.25, 0.3) is 0 Å². The van der Waals surface area contributed by atoms with Gasteiger partial charge < -0.3 is 26.0 Å². The number of rotatable bonds is 8. The Balaban J connectivity index is 2.53. The Kier molecular flexibility index (Phi) is 6.43. The van der Waals surface area contributed by atoms with E-state index in [9.17, 15) is 29.4 Å². The molecule has 5 N–H and O–H groups in total. The second-order valence-corrected chi connectivity index (χ2v) is 6.37. The second-order valence-electron chi connectivity index (χ2n) is 6.37. The van der Waals surface area contributed by atoms with Crippen molar-refractivity contribution in [2.24, 2.45) is 0 Å². The van der Waals surface area contributed by atoms with Crippen molar-refractivity contribution in [3.8, 4) is 11.6 Å². The van der Waals surface area contributed by atoms with Crippen LogP contribution in [0.15, 0.2) is 4.79 Å². The summed E-state index contributed by atoms with van der Waals surface area (Å²) in [4.78, 5) is 48.0. The molecule has 1 aliphatic rings. The van der Waals surface area contributed by atoms with Gasteiger partial charge in [-0.1, -0.05) is 13.3 Å². The Morgan fingerprint density at radius 3 is 2.26 bits per heavy atom. The van der Waals surface area contributed by atoms with E-state index in [0.717, 1.165) is 17.4 Å². The number of aromatic hydroxyl groups is 2. The Bertz CT molecular complexity index is 812. The summed E-state index contributed by atoms with van der Waals surface area (Å²) in [7, 11) is 0. The number of nitrogens with one attached hydrogen (secondary N) is 2. The van der Waals surface area contributed by atoms with E-state index in [-0.39, 0.29) is 6.54 Å². The summed E-state index contributed by atoms with van der Waals surface area (Å²) in [5.41, 5.74) is -2.22. The number of aliphatic carboxylic acids is 1. The van der Waals surface area contributed by atoms with E-state index in [2.05, 4.69) is 5.32 Å². The molecule has 0 aromatic carbocycles. The number of hydrogen-bond acceptors (Lipinski definition) is 6. The fourth-order valence-electron chi connectivity index (χ4n) is 2.78. The number of unbranched alkanes of at least 4 members (excludes halogenated alkanes) is 1. The normalized spacial score (nSPS) is 13.7. The first-order valence-electron chi connectivity index (χ1n) is 8.78. The molecule has 1 heterocycles. The molecule has 1 aliphatic carbocycles. The molecule has 1 fully saturated rings. The van der Waals surface area contributed by atoms with E-state index >= 15 is 0 Å².